The number of pyridine rings is 1. The second kappa shape index (κ2) is 7.61. The van der Waals surface area contributed by atoms with Crippen LogP contribution in [0.15, 0.2) is 42.6 Å². The summed E-state index contributed by atoms with van der Waals surface area (Å²) in [6, 6.07) is 10.0. The Kier molecular flexibility index (Phi) is 5.28. The summed E-state index contributed by atoms with van der Waals surface area (Å²) in [6.07, 6.45) is 1.47. The van der Waals surface area contributed by atoms with Crippen molar-refractivity contribution >= 4 is 11.7 Å². The molecule has 1 amide bonds. The maximum absolute atomic E-state index is 13.1. The van der Waals surface area contributed by atoms with Crippen LogP contribution in [-0.4, -0.2) is 36.6 Å². The summed E-state index contributed by atoms with van der Waals surface area (Å²) < 4.78 is 19.1. The van der Waals surface area contributed by atoms with Crippen LogP contribution in [-0.2, 0) is 4.74 Å². The molecule has 1 aliphatic rings. The van der Waals surface area contributed by atoms with Crippen LogP contribution in [0.3, 0.4) is 0 Å². The molecule has 0 spiro atoms. The van der Waals surface area contributed by atoms with Gasteiger partial charge in [-0.2, -0.15) is 0 Å². The molecule has 132 valence electrons. The third-order valence-corrected chi connectivity index (χ3v) is 4.17. The molecule has 0 bridgehead atoms. The number of benzene rings is 1. The van der Waals surface area contributed by atoms with Gasteiger partial charge in [-0.1, -0.05) is 12.1 Å². The van der Waals surface area contributed by atoms with Crippen LogP contribution in [0.25, 0.3) is 0 Å². The SMILES string of the molecule is CCNC(=O)c1ccc(N2CC(C)OC(c3ccc(F)cc3)C2)nc1. The quantitative estimate of drug-likeness (QED) is 0.927. The number of carbonyl (C=O) groups is 1. The number of ether oxygens (including phenoxy) is 1. The molecule has 3 rings (SSSR count). The highest BCUT2D eigenvalue weighted by Crippen LogP contribution is 2.28. The van der Waals surface area contributed by atoms with Crippen LogP contribution < -0.4 is 10.2 Å². The van der Waals surface area contributed by atoms with Gasteiger partial charge in [-0.05, 0) is 43.7 Å². The molecule has 2 unspecified atom stereocenters. The highest BCUT2D eigenvalue weighted by Gasteiger charge is 2.27. The number of hydrogen-bond acceptors (Lipinski definition) is 4. The molecule has 1 saturated heterocycles. The zero-order valence-electron chi connectivity index (χ0n) is 14.4. The highest BCUT2D eigenvalue weighted by molar-refractivity contribution is 5.94. The molecule has 2 atom stereocenters. The predicted octanol–water partition coefficient (Wildman–Crippen LogP) is 2.94. The first-order valence-electron chi connectivity index (χ1n) is 8.47. The van der Waals surface area contributed by atoms with E-state index in [1.165, 1.54) is 12.1 Å². The minimum atomic E-state index is -0.257. The van der Waals surface area contributed by atoms with Crippen molar-refractivity contribution in [3.63, 3.8) is 0 Å². The monoisotopic (exact) mass is 343 g/mol. The number of amides is 1. The Morgan fingerprint density at radius 1 is 1.28 bits per heavy atom. The second-order valence-corrected chi connectivity index (χ2v) is 6.16. The van der Waals surface area contributed by atoms with E-state index in [1.807, 2.05) is 19.9 Å². The van der Waals surface area contributed by atoms with Gasteiger partial charge in [0, 0.05) is 25.8 Å². The van der Waals surface area contributed by atoms with E-state index in [0.717, 1.165) is 11.4 Å². The van der Waals surface area contributed by atoms with Crippen LogP contribution in [0.1, 0.15) is 35.9 Å². The number of morpholine rings is 1. The van der Waals surface area contributed by atoms with Gasteiger partial charge in [-0.3, -0.25) is 4.79 Å². The topological polar surface area (TPSA) is 54.5 Å². The fourth-order valence-electron chi connectivity index (χ4n) is 2.97. The van der Waals surface area contributed by atoms with E-state index in [1.54, 1.807) is 24.4 Å². The first-order chi connectivity index (χ1) is 12.1. The fraction of sp³-hybridized carbons (Fsp3) is 0.368. The Hall–Kier alpha value is -2.47. The maximum Gasteiger partial charge on any atom is 0.252 e. The van der Waals surface area contributed by atoms with Crippen molar-refractivity contribution in [1.82, 2.24) is 10.3 Å². The van der Waals surface area contributed by atoms with Crippen molar-refractivity contribution in [1.29, 1.82) is 0 Å². The van der Waals surface area contributed by atoms with Gasteiger partial charge < -0.3 is 15.0 Å². The van der Waals surface area contributed by atoms with Crippen molar-refractivity contribution in [2.24, 2.45) is 0 Å². The van der Waals surface area contributed by atoms with Crippen LogP contribution in [0, 0.1) is 5.82 Å². The standard InChI is InChI=1S/C19H22FN3O2/c1-3-21-19(24)15-6-9-18(22-10-15)23-11-13(2)25-17(12-23)14-4-7-16(20)8-5-14/h4-10,13,17H,3,11-12H2,1-2H3,(H,21,24). The number of nitrogens with one attached hydrogen (secondary N) is 1. The van der Waals surface area contributed by atoms with Gasteiger partial charge in [0.2, 0.25) is 0 Å². The molecule has 1 aromatic heterocycles. The summed E-state index contributed by atoms with van der Waals surface area (Å²) in [5.74, 6) is 0.420. The highest BCUT2D eigenvalue weighted by atomic mass is 19.1. The Bertz CT molecular complexity index is 718. The van der Waals surface area contributed by atoms with E-state index in [0.29, 0.717) is 25.2 Å². The molecule has 1 aromatic carbocycles. The van der Waals surface area contributed by atoms with Crippen molar-refractivity contribution < 1.29 is 13.9 Å². The number of rotatable bonds is 4. The first kappa shape index (κ1) is 17.4. The molecule has 25 heavy (non-hydrogen) atoms. The summed E-state index contributed by atoms with van der Waals surface area (Å²) in [7, 11) is 0. The Balaban J connectivity index is 1.75. The van der Waals surface area contributed by atoms with E-state index in [4.69, 9.17) is 4.74 Å². The lowest BCUT2D eigenvalue weighted by atomic mass is 10.1. The molecular weight excluding hydrogens is 321 g/mol. The van der Waals surface area contributed by atoms with Gasteiger partial charge in [0.1, 0.15) is 17.7 Å². The summed E-state index contributed by atoms with van der Waals surface area (Å²) in [5.41, 5.74) is 1.49. The van der Waals surface area contributed by atoms with Crippen LogP contribution in [0.2, 0.25) is 0 Å². The fourth-order valence-corrected chi connectivity index (χ4v) is 2.97. The van der Waals surface area contributed by atoms with E-state index < -0.39 is 0 Å². The molecule has 5 nitrogen and oxygen atoms in total. The zero-order valence-corrected chi connectivity index (χ0v) is 14.4. The third kappa shape index (κ3) is 4.14. The summed E-state index contributed by atoms with van der Waals surface area (Å²) in [6.45, 7) is 5.81. The average molecular weight is 343 g/mol. The predicted molar refractivity (Wildman–Crippen MR) is 94.1 cm³/mol. The normalized spacial score (nSPS) is 20.4. The van der Waals surface area contributed by atoms with Crippen molar-refractivity contribution in [3.8, 4) is 0 Å². The van der Waals surface area contributed by atoms with Crippen LogP contribution in [0.5, 0.6) is 0 Å². The number of aromatic nitrogens is 1. The smallest absolute Gasteiger partial charge is 0.252 e. The second-order valence-electron chi connectivity index (χ2n) is 6.16. The molecule has 0 saturated carbocycles. The van der Waals surface area contributed by atoms with E-state index in [2.05, 4.69) is 15.2 Å². The average Bonchev–Trinajstić information content (AvgIpc) is 2.62. The van der Waals surface area contributed by atoms with Gasteiger partial charge >= 0.3 is 0 Å². The third-order valence-electron chi connectivity index (χ3n) is 4.17. The van der Waals surface area contributed by atoms with Gasteiger partial charge in [0.15, 0.2) is 0 Å². The van der Waals surface area contributed by atoms with Crippen LogP contribution >= 0.6 is 0 Å². The molecule has 0 radical (unpaired) electrons. The van der Waals surface area contributed by atoms with Gasteiger partial charge in [0.25, 0.3) is 5.91 Å². The molecule has 1 aliphatic heterocycles. The van der Waals surface area contributed by atoms with E-state index >= 15 is 0 Å². The maximum atomic E-state index is 13.1. The summed E-state index contributed by atoms with van der Waals surface area (Å²) >= 11 is 0. The molecule has 1 fully saturated rings. The van der Waals surface area contributed by atoms with Gasteiger partial charge in [0.05, 0.1) is 11.7 Å². The van der Waals surface area contributed by atoms with E-state index in [9.17, 15) is 9.18 Å². The minimum Gasteiger partial charge on any atom is -0.367 e. The van der Waals surface area contributed by atoms with Crippen LogP contribution in [0.4, 0.5) is 10.2 Å². The Labute approximate surface area is 146 Å². The Morgan fingerprint density at radius 3 is 2.68 bits per heavy atom. The summed E-state index contributed by atoms with van der Waals surface area (Å²) in [5, 5.41) is 2.76. The summed E-state index contributed by atoms with van der Waals surface area (Å²) in [4.78, 5) is 18.4. The molecule has 0 aliphatic carbocycles. The molecule has 2 aromatic rings. The largest absolute Gasteiger partial charge is 0.367 e. The zero-order chi connectivity index (χ0) is 17.8. The lowest BCUT2D eigenvalue weighted by Crippen LogP contribution is -2.43. The molecule has 1 N–H and O–H groups in total. The molecule has 2 heterocycles. The first-order valence-corrected chi connectivity index (χ1v) is 8.47. The minimum absolute atomic E-state index is 0.0219. The van der Waals surface area contributed by atoms with E-state index in [-0.39, 0.29) is 23.9 Å². The molecule has 6 heteroatoms. The lowest BCUT2D eigenvalue weighted by Gasteiger charge is -2.37. The lowest BCUT2D eigenvalue weighted by molar-refractivity contribution is -0.0176. The van der Waals surface area contributed by atoms with Gasteiger partial charge in [-0.25, -0.2) is 9.37 Å². The molecular formula is C19H22FN3O2. The van der Waals surface area contributed by atoms with Crippen molar-refractivity contribution in [3.05, 3.63) is 59.5 Å². The van der Waals surface area contributed by atoms with Gasteiger partial charge in [-0.15, -0.1) is 0 Å². The number of carbonyl (C=O) groups excluding carboxylic acids is 1. The van der Waals surface area contributed by atoms with Crippen molar-refractivity contribution in [2.75, 3.05) is 24.5 Å². The number of hydrogen-bond donors (Lipinski definition) is 1. The number of nitrogens with zero attached hydrogens (tertiary/aromatic N) is 2. The number of halogens is 1. The number of anilines is 1. The Morgan fingerprint density at radius 2 is 2.04 bits per heavy atom. The van der Waals surface area contributed by atoms with Crippen molar-refractivity contribution in [2.45, 2.75) is 26.1 Å².